The van der Waals surface area contributed by atoms with Crippen LogP contribution in [-0.4, -0.2) is 33.8 Å². The summed E-state index contributed by atoms with van der Waals surface area (Å²) in [4.78, 5) is 11.9. The van der Waals surface area contributed by atoms with Crippen LogP contribution in [-0.2, 0) is 16.0 Å². The molecule has 1 aromatic heterocycles. The van der Waals surface area contributed by atoms with Crippen molar-refractivity contribution in [1.82, 2.24) is 20.1 Å². The Kier molecular flexibility index (Phi) is 4.94. The Hall–Kier alpha value is -1.63. The van der Waals surface area contributed by atoms with Crippen LogP contribution in [0.4, 0.5) is 0 Å². The van der Waals surface area contributed by atoms with Gasteiger partial charge in [0.15, 0.2) is 10.5 Å². The minimum atomic E-state index is -0.157. The summed E-state index contributed by atoms with van der Waals surface area (Å²) in [5.41, 5.74) is 0. The van der Waals surface area contributed by atoms with Crippen LogP contribution >= 0.6 is 12.2 Å². The molecule has 7 heteroatoms. The van der Waals surface area contributed by atoms with E-state index >= 15 is 0 Å². The fourth-order valence-electron chi connectivity index (χ4n) is 2.14. The van der Waals surface area contributed by atoms with Gasteiger partial charge in [0.2, 0.25) is 0 Å². The van der Waals surface area contributed by atoms with Crippen LogP contribution in [0.5, 0.6) is 0 Å². The van der Waals surface area contributed by atoms with E-state index in [1.165, 1.54) is 0 Å². The van der Waals surface area contributed by atoms with Gasteiger partial charge in [0.05, 0.1) is 6.61 Å². The van der Waals surface area contributed by atoms with E-state index in [0.29, 0.717) is 30.1 Å². The van der Waals surface area contributed by atoms with Crippen LogP contribution in [0.3, 0.4) is 0 Å². The second-order valence-electron chi connectivity index (χ2n) is 4.97. The lowest BCUT2D eigenvalue weighted by molar-refractivity contribution is -0.121. The summed E-state index contributed by atoms with van der Waals surface area (Å²) < 4.78 is 7.88. The van der Waals surface area contributed by atoms with Crippen LogP contribution in [0.15, 0.2) is 11.8 Å². The minimum absolute atomic E-state index is 0.157. The number of carbonyl (C=O) groups excluding carboxylic acids is 1. The van der Waals surface area contributed by atoms with Crippen LogP contribution in [0.2, 0.25) is 0 Å². The fraction of sp³-hybridized carbons (Fsp3) is 0.615. The fourth-order valence-corrected chi connectivity index (χ4v) is 2.50. The molecule has 2 N–H and O–H groups in total. The zero-order chi connectivity index (χ0) is 14.5. The van der Waals surface area contributed by atoms with Crippen molar-refractivity contribution in [2.45, 2.75) is 39.2 Å². The van der Waals surface area contributed by atoms with E-state index in [-0.39, 0.29) is 11.9 Å². The number of ether oxygens (including phenoxy) is 1. The summed E-state index contributed by atoms with van der Waals surface area (Å²) in [7, 11) is 0. The molecular formula is C13H20N4O2S. The zero-order valence-corrected chi connectivity index (χ0v) is 12.6. The SMILES string of the molecule is CC(C)n1c(CCNC(=O)C2=CCCCO2)n[nH]c1=S. The first-order valence-electron chi connectivity index (χ1n) is 6.86. The first kappa shape index (κ1) is 14.8. The zero-order valence-electron chi connectivity index (χ0n) is 11.8. The Balaban J connectivity index is 1.88. The molecular weight excluding hydrogens is 276 g/mol. The topological polar surface area (TPSA) is 71.9 Å². The highest BCUT2D eigenvalue weighted by atomic mass is 32.1. The third-order valence-corrected chi connectivity index (χ3v) is 3.38. The smallest absolute Gasteiger partial charge is 0.286 e. The number of carbonyl (C=O) groups is 1. The van der Waals surface area contributed by atoms with E-state index in [2.05, 4.69) is 15.5 Å². The average molecular weight is 296 g/mol. The number of H-pyrrole nitrogens is 1. The van der Waals surface area contributed by atoms with Crippen LogP contribution in [0.1, 0.15) is 38.6 Å². The van der Waals surface area contributed by atoms with Crippen molar-refractivity contribution in [3.8, 4) is 0 Å². The number of hydrogen-bond acceptors (Lipinski definition) is 4. The maximum absolute atomic E-state index is 11.9. The highest BCUT2D eigenvalue weighted by Crippen LogP contribution is 2.10. The number of allylic oxidation sites excluding steroid dienone is 1. The van der Waals surface area contributed by atoms with E-state index in [4.69, 9.17) is 17.0 Å². The molecule has 2 rings (SSSR count). The lowest BCUT2D eigenvalue weighted by Gasteiger charge is -2.14. The second kappa shape index (κ2) is 6.69. The van der Waals surface area contributed by atoms with E-state index in [1.54, 1.807) is 0 Å². The molecule has 0 aromatic carbocycles. The van der Waals surface area contributed by atoms with Gasteiger partial charge >= 0.3 is 0 Å². The predicted molar refractivity (Wildman–Crippen MR) is 77.8 cm³/mol. The molecule has 0 saturated carbocycles. The van der Waals surface area contributed by atoms with Crippen molar-refractivity contribution in [2.75, 3.05) is 13.2 Å². The van der Waals surface area contributed by atoms with Gasteiger partial charge in [0.25, 0.3) is 5.91 Å². The molecule has 1 aromatic rings. The first-order chi connectivity index (χ1) is 9.59. The lowest BCUT2D eigenvalue weighted by Crippen LogP contribution is -2.29. The van der Waals surface area contributed by atoms with Crippen LogP contribution in [0.25, 0.3) is 0 Å². The monoisotopic (exact) mass is 296 g/mol. The van der Waals surface area contributed by atoms with Crippen LogP contribution in [0, 0.1) is 4.77 Å². The number of rotatable bonds is 5. The minimum Gasteiger partial charge on any atom is -0.488 e. The molecule has 0 fully saturated rings. The maximum atomic E-state index is 11.9. The number of amides is 1. The summed E-state index contributed by atoms with van der Waals surface area (Å²) in [6.07, 6.45) is 4.34. The molecule has 0 radical (unpaired) electrons. The number of nitrogens with zero attached hydrogens (tertiary/aromatic N) is 2. The van der Waals surface area contributed by atoms with E-state index in [0.717, 1.165) is 18.7 Å². The highest BCUT2D eigenvalue weighted by Gasteiger charge is 2.14. The largest absolute Gasteiger partial charge is 0.488 e. The standard InChI is InChI=1S/C13H20N4O2S/c1-9(2)17-11(15-16-13(17)20)6-7-14-12(18)10-5-3-4-8-19-10/h5,9H,3-4,6-8H2,1-2H3,(H,14,18)(H,16,20). The summed E-state index contributed by atoms with van der Waals surface area (Å²) in [5.74, 6) is 1.12. The molecule has 0 bridgehead atoms. The van der Waals surface area contributed by atoms with Gasteiger partial charge in [-0.15, -0.1) is 0 Å². The van der Waals surface area contributed by atoms with Gasteiger partial charge in [-0.1, -0.05) is 0 Å². The Morgan fingerprint density at radius 3 is 3.10 bits per heavy atom. The third kappa shape index (κ3) is 3.47. The highest BCUT2D eigenvalue weighted by molar-refractivity contribution is 7.71. The van der Waals surface area contributed by atoms with Gasteiger partial charge in [-0.25, -0.2) is 0 Å². The summed E-state index contributed by atoms with van der Waals surface area (Å²) in [6, 6.07) is 0.247. The average Bonchev–Trinajstić information content (AvgIpc) is 2.81. The Morgan fingerprint density at radius 1 is 1.65 bits per heavy atom. The van der Waals surface area contributed by atoms with E-state index in [1.807, 2.05) is 24.5 Å². The van der Waals surface area contributed by atoms with Crippen molar-refractivity contribution in [3.63, 3.8) is 0 Å². The Labute approximate surface area is 123 Å². The van der Waals surface area contributed by atoms with Crippen molar-refractivity contribution in [3.05, 3.63) is 22.4 Å². The molecule has 0 atom stereocenters. The van der Waals surface area contributed by atoms with Gasteiger partial charge in [0, 0.05) is 19.0 Å². The number of nitrogens with one attached hydrogen (secondary N) is 2. The number of aromatic nitrogens is 3. The molecule has 0 aliphatic carbocycles. The van der Waals surface area contributed by atoms with Crippen molar-refractivity contribution in [1.29, 1.82) is 0 Å². The lowest BCUT2D eigenvalue weighted by atomic mass is 10.2. The molecule has 20 heavy (non-hydrogen) atoms. The predicted octanol–water partition coefficient (Wildman–Crippen LogP) is 1.87. The van der Waals surface area contributed by atoms with E-state index in [9.17, 15) is 4.79 Å². The van der Waals surface area contributed by atoms with Crippen molar-refractivity contribution < 1.29 is 9.53 Å². The first-order valence-corrected chi connectivity index (χ1v) is 7.27. The second-order valence-corrected chi connectivity index (χ2v) is 5.36. The van der Waals surface area contributed by atoms with Gasteiger partial charge in [0.1, 0.15) is 5.82 Å². The quantitative estimate of drug-likeness (QED) is 0.814. The molecule has 6 nitrogen and oxygen atoms in total. The summed E-state index contributed by atoms with van der Waals surface area (Å²) in [6.45, 7) is 5.22. The number of aromatic amines is 1. The molecule has 110 valence electrons. The number of hydrogen-bond donors (Lipinski definition) is 2. The third-order valence-electron chi connectivity index (χ3n) is 3.09. The Bertz CT molecular complexity index is 559. The van der Waals surface area contributed by atoms with Crippen molar-refractivity contribution >= 4 is 18.1 Å². The normalized spacial score (nSPS) is 14.8. The Morgan fingerprint density at radius 2 is 2.45 bits per heavy atom. The molecule has 0 saturated heterocycles. The van der Waals surface area contributed by atoms with Gasteiger partial charge in [-0.2, -0.15) is 5.10 Å². The van der Waals surface area contributed by atoms with E-state index < -0.39 is 0 Å². The molecule has 2 heterocycles. The van der Waals surface area contributed by atoms with Gasteiger partial charge in [-0.05, 0) is 45.0 Å². The molecule has 1 amide bonds. The maximum Gasteiger partial charge on any atom is 0.286 e. The van der Waals surface area contributed by atoms with Crippen LogP contribution < -0.4 is 5.32 Å². The molecule has 1 aliphatic heterocycles. The molecule has 0 spiro atoms. The summed E-state index contributed by atoms with van der Waals surface area (Å²) >= 11 is 5.18. The summed E-state index contributed by atoms with van der Waals surface area (Å²) in [5, 5.41) is 9.82. The molecule has 0 unspecified atom stereocenters. The van der Waals surface area contributed by atoms with Gasteiger partial charge < -0.3 is 14.6 Å². The van der Waals surface area contributed by atoms with Gasteiger partial charge in [-0.3, -0.25) is 9.89 Å². The molecule has 1 aliphatic rings. The van der Waals surface area contributed by atoms with Crippen molar-refractivity contribution in [2.24, 2.45) is 0 Å².